The van der Waals surface area contributed by atoms with Gasteiger partial charge in [-0.05, 0) is 12.1 Å². The second-order valence-corrected chi connectivity index (χ2v) is 4.94. The van der Waals surface area contributed by atoms with E-state index in [0.717, 1.165) is 5.69 Å². The van der Waals surface area contributed by atoms with E-state index in [1.807, 2.05) is 6.92 Å². The molecule has 1 atom stereocenters. The molecule has 0 saturated heterocycles. The van der Waals surface area contributed by atoms with Crippen LogP contribution in [0.4, 0.5) is 0 Å². The molecule has 3 rings (SSSR count). The lowest BCUT2D eigenvalue weighted by molar-refractivity contribution is -0.142. The van der Waals surface area contributed by atoms with Crippen LogP contribution in [0.25, 0.3) is 0 Å². The zero-order chi connectivity index (χ0) is 15.0. The van der Waals surface area contributed by atoms with E-state index in [-0.39, 0.29) is 18.7 Å². The number of hydrogen-bond donors (Lipinski definition) is 2. The van der Waals surface area contributed by atoms with Gasteiger partial charge in [0.1, 0.15) is 11.8 Å². The Morgan fingerprint density at radius 3 is 3.00 bits per heavy atom. The van der Waals surface area contributed by atoms with Crippen molar-refractivity contribution in [3.63, 3.8) is 0 Å². The quantitative estimate of drug-likeness (QED) is 0.885. The van der Waals surface area contributed by atoms with Gasteiger partial charge in [0.2, 0.25) is 0 Å². The number of H-pyrrole nitrogens is 1. The molecule has 2 N–H and O–H groups in total. The van der Waals surface area contributed by atoms with Gasteiger partial charge in [0.05, 0.1) is 24.3 Å². The monoisotopic (exact) mass is 289 g/mol. The van der Waals surface area contributed by atoms with Crippen molar-refractivity contribution in [1.82, 2.24) is 14.9 Å². The molecule has 0 aliphatic carbocycles. The van der Waals surface area contributed by atoms with Crippen LogP contribution < -0.4 is 0 Å². The summed E-state index contributed by atoms with van der Waals surface area (Å²) in [4.78, 5) is 32.3. The van der Waals surface area contributed by atoms with Gasteiger partial charge in [-0.25, -0.2) is 9.78 Å². The number of rotatable bonds is 3. The maximum absolute atomic E-state index is 12.5. The zero-order valence-corrected chi connectivity index (χ0v) is 11.5. The summed E-state index contributed by atoms with van der Waals surface area (Å²) in [7, 11) is 0. The number of aryl methyl sites for hydroxylation is 1. The second-order valence-electron chi connectivity index (χ2n) is 4.94. The summed E-state index contributed by atoms with van der Waals surface area (Å²) in [5.41, 5.74) is 1.46. The third-order valence-corrected chi connectivity index (χ3v) is 3.67. The molecule has 0 spiro atoms. The van der Waals surface area contributed by atoms with E-state index in [1.165, 1.54) is 11.2 Å². The van der Waals surface area contributed by atoms with Crippen LogP contribution in [0.3, 0.4) is 0 Å². The molecule has 0 saturated carbocycles. The number of furan rings is 1. The third-order valence-electron chi connectivity index (χ3n) is 3.67. The Balaban J connectivity index is 1.91. The second kappa shape index (κ2) is 5.08. The highest BCUT2D eigenvalue weighted by Crippen LogP contribution is 2.23. The van der Waals surface area contributed by atoms with Gasteiger partial charge in [0, 0.05) is 12.8 Å². The van der Waals surface area contributed by atoms with Crippen molar-refractivity contribution in [2.24, 2.45) is 0 Å². The van der Waals surface area contributed by atoms with Crippen molar-refractivity contribution in [1.29, 1.82) is 0 Å². The van der Waals surface area contributed by atoms with Crippen molar-refractivity contribution in [2.45, 2.75) is 32.4 Å². The average molecular weight is 289 g/mol. The minimum Gasteiger partial charge on any atom is -0.480 e. The number of imidazole rings is 1. The van der Waals surface area contributed by atoms with Crippen LogP contribution in [-0.4, -0.2) is 37.9 Å². The number of carbonyl (C=O) groups is 2. The Hall–Kier alpha value is -2.57. The molecule has 21 heavy (non-hydrogen) atoms. The van der Waals surface area contributed by atoms with Gasteiger partial charge in [-0.3, -0.25) is 4.79 Å². The lowest BCUT2D eigenvalue weighted by atomic mass is 10.0. The standard InChI is InChI=1S/C14H15N3O4/c1-2-8-3-4-12(21-8)13(18)17-6-10-9(15-7-16-10)5-11(17)14(19)20/h3-4,7,11H,2,5-6H2,1H3,(H,15,16)(H,19,20). The molecule has 7 heteroatoms. The number of fused-ring (bicyclic) bond motifs is 1. The molecule has 1 unspecified atom stereocenters. The predicted molar refractivity (Wildman–Crippen MR) is 71.7 cm³/mol. The van der Waals surface area contributed by atoms with E-state index in [1.54, 1.807) is 12.1 Å². The topological polar surface area (TPSA) is 99.4 Å². The van der Waals surface area contributed by atoms with Crippen LogP contribution in [0.2, 0.25) is 0 Å². The first kappa shape index (κ1) is 13.4. The van der Waals surface area contributed by atoms with E-state index in [0.29, 0.717) is 17.9 Å². The number of carboxylic acid groups (broad SMARTS) is 1. The Morgan fingerprint density at radius 2 is 2.33 bits per heavy atom. The molecule has 3 heterocycles. The van der Waals surface area contributed by atoms with Crippen molar-refractivity contribution < 1.29 is 19.1 Å². The lowest BCUT2D eigenvalue weighted by Gasteiger charge is -2.31. The Labute approximate surface area is 120 Å². The van der Waals surface area contributed by atoms with Crippen molar-refractivity contribution in [3.8, 4) is 0 Å². The van der Waals surface area contributed by atoms with Gasteiger partial charge in [-0.1, -0.05) is 6.92 Å². The van der Waals surface area contributed by atoms with E-state index >= 15 is 0 Å². The van der Waals surface area contributed by atoms with E-state index in [2.05, 4.69) is 9.97 Å². The third kappa shape index (κ3) is 2.31. The molecular formula is C14H15N3O4. The van der Waals surface area contributed by atoms with Crippen LogP contribution in [0.15, 0.2) is 22.9 Å². The summed E-state index contributed by atoms with van der Waals surface area (Å²) in [5.74, 6) is -0.591. The number of hydrogen-bond acceptors (Lipinski definition) is 4. The molecule has 2 aromatic heterocycles. The Kier molecular flexibility index (Phi) is 3.25. The smallest absolute Gasteiger partial charge is 0.326 e. The van der Waals surface area contributed by atoms with Gasteiger partial charge in [-0.2, -0.15) is 0 Å². The number of carboxylic acids is 1. The largest absolute Gasteiger partial charge is 0.480 e. The molecule has 0 bridgehead atoms. The van der Waals surface area contributed by atoms with Gasteiger partial charge < -0.3 is 19.4 Å². The Bertz CT molecular complexity index is 688. The summed E-state index contributed by atoms with van der Waals surface area (Å²) in [5, 5.41) is 9.36. The average Bonchev–Trinajstić information content (AvgIpc) is 3.13. The molecule has 0 fully saturated rings. The van der Waals surface area contributed by atoms with Crippen LogP contribution in [0, 0.1) is 0 Å². The molecule has 1 amide bonds. The fourth-order valence-electron chi connectivity index (χ4n) is 2.49. The summed E-state index contributed by atoms with van der Waals surface area (Å²) in [6.45, 7) is 2.11. The molecule has 110 valence electrons. The van der Waals surface area contributed by atoms with Crippen LogP contribution in [-0.2, 0) is 24.2 Å². The highest BCUT2D eigenvalue weighted by atomic mass is 16.4. The first-order chi connectivity index (χ1) is 10.1. The molecular weight excluding hydrogens is 274 g/mol. The van der Waals surface area contributed by atoms with Crippen molar-refractivity contribution >= 4 is 11.9 Å². The lowest BCUT2D eigenvalue weighted by Crippen LogP contribution is -2.48. The molecule has 0 radical (unpaired) electrons. The molecule has 2 aromatic rings. The number of aromatic nitrogens is 2. The highest BCUT2D eigenvalue weighted by molar-refractivity contribution is 5.94. The number of nitrogens with zero attached hydrogens (tertiary/aromatic N) is 2. The van der Waals surface area contributed by atoms with E-state index in [9.17, 15) is 14.7 Å². The molecule has 7 nitrogen and oxygen atoms in total. The number of nitrogens with one attached hydrogen (secondary N) is 1. The summed E-state index contributed by atoms with van der Waals surface area (Å²) in [6, 6.07) is 2.39. The molecule has 1 aliphatic heterocycles. The SMILES string of the molecule is CCc1ccc(C(=O)N2Cc3[nH]cnc3CC2C(=O)O)o1. The fraction of sp³-hybridized carbons (Fsp3) is 0.357. The summed E-state index contributed by atoms with van der Waals surface area (Å²) < 4.78 is 5.44. The number of aromatic amines is 1. The highest BCUT2D eigenvalue weighted by Gasteiger charge is 2.37. The number of amides is 1. The first-order valence-corrected chi connectivity index (χ1v) is 6.73. The van der Waals surface area contributed by atoms with Crippen LogP contribution in [0.1, 0.15) is 34.6 Å². The molecule has 0 aromatic carbocycles. The molecule has 1 aliphatic rings. The van der Waals surface area contributed by atoms with Crippen LogP contribution >= 0.6 is 0 Å². The van der Waals surface area contributed by atoms with Gasteiger partial charge >= 0.3 is 5.97 Å². The maximum atomic E-state index is 12.5. The van der Waals surface area contributed by atoms with E-state index < -0.39 is 17.9 Å². The predicted octanol–water partition coefficient (Wildman–Crippen LogP) is 1.22. The fourth-order valence-corrected chi connectivity index (χ4v) is 2.49. The van der Waals surface area contributed by atoms with E-state index in [4.69, 9.17) is 4.42 Å². The normalized spacial score (nSPS) is 17.6. The minimum absolute atomic E-state index is 0.168. The number of carbonyl (C=O) groups excluding carboxylic acids is 1. The maximum Gasteiger partial charge on any atom is 0.326 e. The first-order valence-electron chi connectivity index (χ1n) is 6.73. The minimum atomic E-state index is -1.04. The Morgan fingerprint density at radius 1 is 1.52 bits per heavy atom. The van der Waals surface area contributed by atoms with Gasteiger partial charge in [-0.15, -0.1) is 0 Å². The summed E-state index contributed by atoms with van der Waals surface area (Å²) >= 11 is 0. The zero-order valence-electron chi connectivity index (χ0n) is 11.5. The van der Waals surface area contributed by atoms with Gasteiger partial charge in [0.15, 0.2) is 5.76 Å². The van der Waals surface area contributed by atoms with Gasteiger partial charge in [0.25, 0.3) is 5.91 Å². The number of aliphatic carboxylic acids is 1. The van der Waals surface area contributed by atoms with Crippen molar-refractivity contribution in [2.75, 3.05) is 0 Å². The summed E-state index contributed by atoms with van der Waals surface area (Å²) in [6.07, 6.45) is 2.39. The van der Waals surface area contributed by atoms with Crippen LogP contribution in [0.5, 0.6) is 0 Å². The van der Waals surface area contributed by atoms with Crippen molar-refractivity contribution in [3.05, 3.63) is 41.4 Å².